The Morgan fingerprint density at radius 1 is 1.04 bits per heavy atom. The lowest BCUT2D eigenvalue weighted by atomic mass is 10.1. The molecule has 1 heterocycles. The van der Waals surface area contributed by atoms with Crippen LogP contribution >= 0.6 is 0 Å². The van der Waals surface area contributed by atoms with Crippen LogP contribution in [0, 0.1) is 6.92 Å². The van der Waals surface area contributed by atoms with Crippen molar-refractivity contribution in [1.29, 1.82) is 0 Å². The minimum atomic E-state index is -3.48. The summed E-state index contributed by atoms with van der Waals surface area (Å²) < 4.78 is 24.5. The number of amides is 1. The number of sulfone groups is 1. The molecule has 3 rings (SSSR count). The molecule has 6 nitrogen and oxygen atoms in total. The highest BCUT2D eigenvalue weighted by molar-refractivity contribution is 7.91. The number of nitrogens with zero attached hydrogens (tertiary/aromatic N) is 2. The first kappa shape index (κ1) is 18.7. The van der Waals surface area contributed by atoms with E-state index < -0.39 is 9.84 Å². The van der Waals surface area contributed by atoms with Gasteiger partial charge in [0, 0.05) is 23.9 Å². The number of hydrogen-bond donors (Lipinski definition) is 1. The number of rotatable bonds is 6. The van der Waals surface area contributed by atoms with Crippen LogP contribution in [0.15, 0.2) is 71.8 Å². The molecule has 2 aromatic carbocycles. The second-order valence-corrected chi connectivity index (χ2v) is 8.11. The lowest BCUT2D eigenvalue weighted by Crippen LogP contribution is -2.17. The van der Waals surface area contributed by atoms with Crippen LogP contribution in [-0.4, -0.2) is 30.0 Å². The summed E-state index contributed by atoms with van der Waals surface area (Å²) in [6.45, 7) is 1.81. The number of aryl methyl sites for hydroxylation is 1. The van der Waals surface area contributed by atoms with Crippen LogP contribution in [0.5, 0.6) is 0 Å². The largest absolute Gasteiger partial charge is 0.326 e. The number of aromatic nitrogens is 2. The van der Waals surface area contributed by atoms with Gasteiger partial charge in [0.05, 0.1) is 16.3 Å². The summed E-state index contributed by atoms with van der Waals surface area (Å²) in [5.41, 5.74) is 2.19. The molecule has 138 valence electrons. The number of hydrogen-bond acceptors (Lipinski definition) is 5. The molecule has 27 heavy (non-hydrogen) atoms. The van der Waals surface area contributed by atoms with Gasteiger partial charge in [0.2, 0.25) is 5.91 Å². The number of benzene rings is 2. The Hall–Kier alpha value is -3.06. The maximum atomic E-state index is 12.3. The highest BCUT2D eigenvalue weighted by Crippen LogP contribution is 2.21. The Kier molecular flexibility index (Phi) is 5.61. The van der Waals surface area contributed by atoms with Crippen molar-refractivity contribution in [2.24, 2.45) is 0 Å². The lowest BCUT2D eigenvalue weighted by molar-refractivity contribution is -0.115. The van der Waals surface area contributed by atoms with Crippen LogP contribution in [0.25, 0.3) is 11.3 Å². The molecule has 0 atom stereocenters. The average Bonchev–Trinajstić information content (AvgIpc) is 2.67. The van der Waals surface area contributed by atoms with E-state index in [0.717, 1.165) is 11.3 Å². The maximum absolute atomic E-state index is 12.3. The molecule has 0 spiro atoms. The van der Waals surface area contributed by atoms with Gasteiger partial charge in [-0.1, -0.05) is 30.3 Å². The smallest absolute Gasteiger partial charge is 0.225 e. The summed E-state index contributed by atoms with van der Waals surface area (Å²) in [5, 5.41) is 2.74. The molecule has 0 bridgehead atoms. The third-order valence-electron chi connectivity index (χ3n) is 3.92. The van der Waals surface area contributed by atoms with Crippen LogP contribution in [-0.2, 0) is 14.6 Å². The van der Waals surface area contributed by atoms with E-state index in [0.29, 0.717) is 11.5 Å². The van der Waals surface area contributed by atoms with Gasteiger partial charge in [-0.3, -0.25) is 4.79 Å². The van der Waals surface area contributed by atoms with Crippen LogP contribution in [0.4, 0.5) is 5.69 Å². The number of nitrogens with one attached hydrogen (secondary N) is 1. The normalized spacial score (nSPS) is 11.1. The standard InChI is InChI=1S/C20H19N3O3S/c1-15-21-12-10-19(22-15)16-6-5-7-17(14-16)23-20(24)11-13-27(25,26)18-8-3-2-4-9-18/h2-10,12,14H,11,13H2,1H3,(H,23,24). The minimum Gasteiger partial charge on any atom is -0.326 e. The Bertz CT molecular complexity index is 1050. The third kappa shape index (κ3) is 4.98. The zero-order chi connectivity index (χ0) is 19.3. The van der Waals surface area contributed by atoms with Crippen molar-refractivity contribution in [1.82, 2.24) is 9.97 Å². The van der Waals surface area contributed by atoms with Crippen molar-refractivity contribution in [3.05, 3.63) is 72.7 Å². The van der Waals surface area contributed by atoms with Gasteiger partial charge in [-0.15, -0.1) is 0 Å². The molecule has 1 N–H and O–H groups in total. The molecular formula is C20H19N3O3S. The van der Waals surface area contributed by atoms with Gasteiger partial charge in [0.25, 0.3) is 0 Å². The highest BCUT2D eigenvalue weighted by Gasteiger charge is 2.16. The zero-order valence-corrected chi connectivity index (χ0v) is 15.6. The molecule has 0 saturated carbocycles. The van der Waals surface area contributed by atoms with Crippen molar-refractivity contribution in [2.45, 2.75) is 18.2 Å². The average molecular weight is 381 g/mol. The van der Waals surface area contributed by atoms with Gasteiger partial charge in [-0.25, -0.2) is 18.4 Å². The monoisotopic (exact) mass is 381 g/mol. The van der Waals surface area contributed by atoms with Crippen LogP contribution in [0.1, 0.15) is 12.2 Å². The topological polar surface area (TPSA) is 89.0 Å². The fourth-order valence-electron chi connectivity index (χ4n) is 2.57. The molecule has 0 saturated heterocycles. The molecule has 7 heteroatoms. The Balaban J connectivity index is 1.66. The van der Waals surface area contributed by atoms with E-state index in [2.05, 4.69) is 15.3 Å². The predicted octanol–water partition coefficient (Wildman–Crippen LogP) is 3.25. The summed E-state index contributed by atoms with van der Waals surface area (Å²) in [7, 11) is -3.48. The number of carbonyl (C=O) groups is 1. The summed E-state index contributed by atoms with van der Waals surface area (Å²) in [6, 6.07) is 17.2. The molecule has 0 aliphatic carbocycles. The van der Waals surface area contributed by atoms with E-state index in [1.807, 2.05) is 19.1 Å². The first-order valence-electron chi connectivity index (χ1n) is 8.42. The summed E-state index contributed by atoms with van der Waals surface area (Å²) in [6.07, 6.45) is 1.56. The number of carbonyl (C=O) groups excluding carboxylic acids is 1. The van der Waals surface area contributed by atoms with E-state index in [1.54, 1.807) is 42.6 Å². The van der Waals surface area contributed by atoms with E-state index >= 15 is 0 Å². The summed E-state index contributed by atoms with van der Waals surface area (Å²) in [5.74, 6) is 0.0618. The van der Waals surface area contributed by atoms with Gasteiger partial charge in [0.1, 0.15) is 5.82 Å². The lowest BCUT2D eigenvalue weighted by Gasteiger charge is -2.08. The van der Waals surface area contributed by atoms with E-state index in [-0.39, 0.29) is 23.0 Å². The van der Waals surface area contributed by atoms with E-state index in [1.165, 1.54) is 12.1 Å². The Morgan fingerprint density at radius 3 is 2.56 bits per heavy atom. The molecule has 1 aromatic heterocycles. The van der Waals surface area contributed by atoms with Gasteiger partial charge >= 0.3 is 0 Å². The molecule has 0 aliphatic heterocycles. The predicted molar refractivity (Wildman–Crippen MR) is 104 cm³/mol. The van der Waals surface area contributed by atoms with Crippen LogP contribution < -0.4 is 5.32 Å². The molecule has 0 radical (unpaired) electrons. The summed E-state index contributed by atoms with van der Waals surface area (Å²) >= 11 is 0. The molecule has 0 aliphatic rings. The molecular weight excluding hydrogens is 362 g/mol. The van der Waals surface area contributed by atoms with Gasteiger partial charge in [0.15, 0.2) is 9.84 Å². The van der Waals surface area contributed by atoms with E-state index in [9.17, 15) is 13.2 Å². The zero-order valence-electron chi connectivity index (χ0n) is 14.8. The first-order valence-corrected chi connectivity index (χ1v) is 10.1. The minimum absolute atomic E-state index is 0.117. The second kappa shape index (κ2) is 8.09. The Labute approximate surface area is 158 Å². The van der Waals surface area contributed by atoms with Crippen molar-refractivity contribution >= 4 is 21.4 Å². The van der Waals surface area contributed by atoms with Crippen molar-refractivity contribution < 1.29 is 13.2 Å². The quantitative estimate of drug-likeness (QED) is 0.708. The molecule has 1 amide bonds. The fraction of sp³-hybridized carbons (Fsp3) is 0.150. The van der Waals surface area contributed by atoms with Crippen molar-refractivity contribution in [3.8, 4) is 11.3 Å². The summed E-state index contributed by atoms with van der Waals surface area (Å²) in [4.78, 5) is 20.8. The van der Waals surface area contributed by atoms with Gasteiger partial charge < -0.3 is 5.32 Å². The van der Waals surface area contributed by atoms with Crippen molar-refractivity contribution in [3.63, 3.8) is 0 Å². The van der Waals surface area contributed by atoms with E-state index in [4.69, 9.17) is 0 Å². The Morgan fingerprint density at radius 2 is 1.81 bits per heavy atom. The van der Waals surface area contributed by atoms with Crippen LogP contribution in [0.2, 0.25) is 0 Å². The molecule has 3 aromatic rings. The molecule has 0 fully saturated rings. The van der Waals surface area contributed by atoms with Gasteiger partial charge in [-0.2, -0.15) is 0 Å². The number of anilines is 1. The third-order valence-corrected chi connectivity index (χ3v) is 5.65. The first-order chi connectivity index (χ1) is 12.9. The fourth-order valence-corrected chi connectivity index (χ4v) is 3.83. The second-order valence-electron chi connectivity index (χ2n) is 6.00. The highest BCUT2D eigenvalue weighted by atomic mass is 32.2. The maximum Gasteiger partial charge on any atom is 0.225 e. The molecule has 0 unspecified atom stereocenters. The van der Waals surface area contributed by atoms with Crippen molar-refractivity contribution in [2.75, 3.05) is 11.1 Å². The SMILES string of the molecule is Cc1nccc(-c2cccc(NC(=O)CCS(=O)(=O)c3ccccc3)c2)n1. The van der Waals surface area contributed by atoms with Gasteiger partial charge in [-0.05, 0) is 37.3 Å². The van der Waals surface area contributed by atoms with Crippen LogP contribution in [0.3, 0.4) is 0 Å².